The van der Waals surface area contributed by atoms with Crippen molar-refractivity contribution in [3.05, 3.63) is 54.1 Å². The molecular weight excluding hydrogens is 288 g/mol. The Kier molecular flexibility index (Phi) is 4.76. The second-order valence-corrected chi connectivity index (χ2v) is 6.56. The van der Waals surface area contributed by atoms with E-state index in [0.29, 0.717) is 18.9 Å². The van der Waals surface area contributed by atoms with Gasteiger partial charge in [0.1, 0.15) is 5.82 Å². The van der Waals surface area contributed by atoms with Crippen LogP contribution in [0.25, 0.3) is 0 Å². The van der Waals surface area contributed by atoms with Crippen molar-refractivity contribution in [1.29, 1.82) is 0 Å². The minimum atomic E-state index is 0.177. The molecule has 0 radical (unpaired) electrons. The summed E-state index contributed by atoms with van der Waals surface area (Å²) in [5.74, 6) is 1.57. The van der Waals surface area contributed by atoms with E-state index in [1.54, 1.807) is 0 Å². The fourth-order valence-electron chi connectivity index (χ4n) is 3.24. The third kappa shape index (κ3) is 3.99. The van der Waals surface area contributed by atoms with Crippen LogP contribution in [0, 0.1) is 5.92 Å². The second-order valence-electron chi connectivity index (χ2n) is 6.56. The van der Waals surface area contributed by atoms with Gasteiger partial charge in [-0.1, -0.05) is 30.3 Å². The lowest BCUT2D eigenvalue weighted by Crippen LogP contribution is -2.38. The van der Waals surface area contributed by atoms with Gasteiger partial charge in [0.25, 0.3) is 0 Å². The topological polar surface area (TPSA) is 41.4 Å². The van der Waals surface area contributed by atoms with E-state index in [-0.39, 0.29) is 5.91 Å². The number of aromatic nitrogens is 2. The molecule has 122 valence electrons. The van der Waals surface area contributed by atoms with Crippen LogP contribution in [0.3, 0.4) is 0 Å². The monoisotopic (exact) mass is 312 g/mol. The number of carbonyl (C=O) groups excluding carboxylic acids is 1. The summed E-state index contributed by atoms with van der Waals surface area (Å²) in [6.07, 6.45) is 4.30. The number of carbonyl (C=O) groups is 1. The predicted octanol–water partition coefficient (Wildman–Crippen LogP) is 1.65. The molecule has 1 aromatic heterocycles. The van der Waals surface area contributed by atoms with Crippen molar-refractivity contribution < 1.29 is 4.79 Å². The molecule has 0 aliphatic carbocycles. The van der Waals surface area contributed by atoms with Gasteiger partial charge >= 0.3 is 0 Å². The summed E-state index contributed by atoms with van der Waals surface area (Å²) in [6.45, 7) is 3.27. The number of fused-ring (bicyclic) bond motifs is 1. The van der Waals surface area contributed by atoms with Gasteiger partial charge in [-0.05, 0) is 19.7 Å². The molecule has 5 nitrogen and oxygen atoms in total. The lowest BCUT2D eigenvalue weighted by molar-refractivity contribution is -0.131. The first-order valence-electron chi connectivity index (χ1n) is 8.08. The van der Waals surface area contributed by atoms with Gasteiger partial charge in [0.15, 0.2) is 0 Å². The molecule has 1 aliphatic heterocycles. The molecule has 1 aromatic carbocycles. The maximum atomic E-state index is 12.8. The second kappa shape index (κ2) is 6.96. The van der Waals surface area contributed by atoms with Crippen LogP contribution in [0.5, 0.6) is 0 Å². The lowest BCUT2D eigenvalue weighted by atomic mass is 10.1. The molecule has 5 heteroatoms. The number of nitrogens with zero attached hydrogens (tertiary/aromatic N) is 4. The highest BCUT2D eigenvalue weighted by atomic mass is 16.2. The van der Waals surface area contributed by atoms with E-state index in [4.69, 9.17) is 0 Å². The van der Waals surface area contributed by atoms with Crippen LogP contribution >= 0.6 is 0 Å². The molecule has 1 atom stereocenters. The van der Waals surface area contributed by atoms with Crippen molar-refractivity contribution in [2.24, 2.45) is 5.92 Å². The SMILES string of the molecule is CN(C)CC1CN(C(=O)Cc2ccccc2)Cc2nccn2C1. The molecule has 1 unspecified atom stereocenters. The Morgan fingerprint density at radius 3 is 2.78 bits per heavy atom. The van der Waals surface area contributed by atoms with Gasteiger partial charge < -0.3 is 14.4 Å². The van der Waals surface area contributed by atoms with E-state index >= 15 is 0 Å². The molecule has 1 amide bonds. The Labute approximate surface area is 137 Å². The zero-order valence-electron chi connectivity index (χ0n) is 13.9. The molecule has 1 aliphatic rings. The summed E-state index contributed by atoms with van der Waals surface area (Å²) in [5, 5.41) is 0. The van der Waals surface area contributed by atoms with Crippen molar-refractivity contribution in [1.82, 2.24) is 19.4 Å². The maximum absolute atomic E-state index is 12.8. The Bertz CT molecular complexity index is 650. The fraction of sp³-hybridized carbons (Fsp3) is 0.444. The molecule has 0 N–H and O–H groups in total. The third-order valence-electron chi connectivity index (χ3n) is 4.24. The number of hydrogen-bond acceptors (Lipinski definition) is 3. The highest BCUT2D eigenvalue weighted by molar-refractivity contribution is 5.78. The molecule has 0 spiro atoms. The van der Waals surface area contributed by atoms with Gasteiger partial charge in [-0.25, -0.2) is 4.98 Å². The minimum Gasteiger partial charge on any atom is -0.335 e. The van der Waals surface area contributed by atoms with Crippen molar-refractivity contribution in [3.8, 4) is 0 Å². The van der Waals surface area contributed by atoms with Gasteiger partial charge in [0.2, 0.25) is 5.91 Å². The van der Waals surface area contributed by atoms with Crippen LogP contribution in [0.1, 0.15) is 11.4 Å². The van der Waals surface area contributed by atoms with Gasteiger partial charge in [-0.2, -0.15) is 0 Å². The number of imidazole rings is 1. The van der Waals surface area contributed by atoms with Crippen molar-refractivity contribution >= 4 is 5.91 Å². The Morgan fingerprint density at radius 2 is 2.04 bits per heavy atom. The first kappa shape index (κ1) is 15.7. The quantitative estimate of drug-likeness (QED) is 0.862. The Balaban J connectivity index is 1.76. The largest absolute Gasteiger partial charge is 0.335 e. The Morgan fingerprint density at radius 1 is 1.26 bits per heavy atom. The third-order valence-corrected chi connectivity index (χ3v) is 4.24. The average Bonchev–Trinajstić information content (AvgIpc) is 2.86. The molecule has 0 saturated heterocycles. The summed E-state index contributed by atoms with van der Waals surface area (Å²) in [4.78, 5) is 21.3. The summed E-state index contributed by atoms with van der Waals surface area (Å²) in [5.41, 5.74) is 1.06. The van der Waals surface area contributed by atoms with Crippen molar-refractivity contribution in [3.63, 3.8) is 0 Å². The summed E-state index contributed by atoms with van der Waals surface area (Å²) in [6, 6.07) is 9.95. The molecule has 2 aromatic rings. The van der Waals surface area contributed by atoms with Crippen LogP contribution in [0.15, 0.2) is 42.7 Å². The number of rotatable bonds is 4. The molecule has 0 saturated carbocycles. The average molecular weight is 312 g/mol. The lowest BCUT2D eigenvalue weighted by Gasteiger charge is -2.26. The van der Waals surface area contributed by atoms with Crippen LogP contribution in [-0.2, 0) is 24.3 Å². The van der Waals surface area contributed by atoms with Crippen LogP contribution in [-0.4, -0.2) is 52.4 Å². The highest BCUT2D eigenvalue weighted by Crippen LogP contribution is 2.17. The van der Waals surface area contributed by atoms with Crippen molar-refractivity contribution in [2.75, 3.05) is 27.2 Å². The molecule has 0 bridgehead atoms. The van der Waals surface area contributed by atoms with Gasteiger partial charge in [-0.15, -0.1) is 0 Å². The Hall–Kier alpha value is -2.14. The molecule has 23 heavy (non-hydrogen) atoms. The smallest absolute Gasteiger partial charge is 0.227 e. The normalized spacial score (nSPS) is 17.9. The van der Waals surface area contributed by atoms with E-state index < -0.39 is 0 Å². The van der Waals surface area contributed by atoms with Gasteiger partial charge in [0, 0.05) is 37.9 Å². The summed E-state index contributed by atoms with van der Waals surface area (Å²) >= 11 is 0. The van der Waals surface area contributed by atoms with E-state index in [1.807, 2.05) is 47.6 Å². The molecular formula is C18H24N4O. The summed E-state index contributed by atoms with van der Waals surface area (Å²) < 4.78 is 2.18. The molecule has 2 heterocycles. The van der Waals surface area contributed by atoms with Crippen LogP contribution < -0.4 is 0 Å². The van der Waals surface area contributed by atoms with E-state index in [9.17, 15) is 4.79 Å². The summed E-state index contributed by atoms with van der Waals surface area (Å²) in [7, 11) is 4.16. The van der Waals surface area contributed by atoms with Crippen LogP contribution in [0.2, 0.25) is 0 Å². The standard InChI is InChI=1S/C18H24N4O/c1-20(2)11-16-12-21-9-8-19-17(21)14-22(13-16)18(23)10-15-6-4-3-5-7-15/h3-9,16H,10-14H2,1-2H3. The fourth-order valence-corrected chi connectivity index (χ4v) is 3.24. The van der Waals surface area contributed by atoms with E-state index in [0.717, 1.165) is 31.0 Å². The minimum absolute atomic E-state index is 0.177. The zero-order valence-corrected chi connectivity index (χ0v) is 13.9. The first-order chi connectivity index (χ1) is 11.1. The number of amides is 1. The van der Waals surface area contributed by atoms with Gasteiger partial charge in [-0.3, -0.25) is 4.79 Å². The van der Waals surface area contributed by atoms with E-state index in [1.165, 1.54) is 0 Å². The van der Waals surface area contributed by atoms with Crippen molar-refractivity contribution in [2.45, 2.75) is 19.5 Å². The first-order valence-corrected chi connectivity index (χ1v) is 8.08. The highest BCUT2D eigenvalue weighted by Gasteiger charge is 2.25. The zero-order chi connectivity index (χ0) is 16.2. The number of benzene rings is 1. The molecule has 0 fully saturated rings. The predicted molar refractivity (Wildman–Crippen MR) is 89.8 cm³/mol. The molecule has 3 rings (SSSR count). The van der Waals surface area contributed by atoms with Gasteiger partial charge in [0.05, 0.1) is 13.0 Å². The number of hydrogen-bond donors (Lipinski definition) is 0. The maximum Gasteiger partial charge on any atom is 0.227 e. The van der Waals surface area contributed by atoms with E-state index in [2.05, 4.69) is 28.5 Å². The van der Waals surface area contributed by atoms with Crippen LogP contribution in [0.4, 0.5) is 0 Å².